The number of aromatic amines is 1. The largest absolute Gasteiger partial charge is 0.384 e. The molecule has 4 nitrogen and oxygen atoms in total. The van der Waals surface area contributed by atoms with Gasteiger partial charge in [-0.1, -0.05) is 18.2 Å². The molecule has 1 aromatic rings. The van der Waals surface area contributed by atoms with E-state index in [0.29, 0.717) is 16.5 Å². The number of thioether (sulfide) groups is 2. The highest BCUT2D eigenvalue weighted by atomic mass is 32.2. The predicted octanol–water partition coefficient (Wildman–Crippen LogP) is 2.94. The second-order valence-electron chi connectivity index (χ2n) is 4.70. The van der Waals surface area contributed by atoms with Crippen LogP contribution in [0.5, 0.6) is 0 Å². The van der Waals surface area contributed by atoms with Crippen molar-refractivity contribution in [3.63, 3.8) is 0 Å². The summed E-state index contributed by atoms with van der Waals surface area (Å²) < 4.78 is 4.99. The topological polar surface area (TPSA) is 65.9 Å². The number of ether oxygens (including phenoxy) is 1. The second kappa shape index (κ2) is 7.77. The van der Waals surface area contributed by atoms with Crippen LogP contribution >= 0.6 is 23.5 Å². The molecule has 0 saturated heterocycles. The summed E-state index contributed by atoms with van der Waals surface area (Å²) in [6.07, 6.45) is 3.37. The van der Waals surface area contributed by atoms with Crippen molar-refractivity contribution in [1.82, 2.24) is 4.98 Å². The molecule has 1 aliphatic carbocycles. The maximum absolute atomic E-state index is 11.8. The van der Waals surface area contributed by atoms with Gasteiger partial charge in [0.05, 0.1) is 17.2 Å². The van der Waals surface area contributed by atoms with Crippen molar-refractivity contribution >= 4 is 23.5 Å². The fourth-order valence-corrected chi connectivity index (χ4v) is 4.16. The molecule has 0 amide bonds. The molecule has 0 atom stereocenters. The number of hydrogen-bond donors (Lipinski definition) is 1. The van der Waals surface area contributed by atoms with Gasteiger partial charge in [0.2, 0.25) is 5.56 Å². The van der Waals surface area contributed by atoms with Crippen LogP contribution in [0, 0.1) is 11.3 Å². The van der Waals surface area contributed by atoms with E-state index in [1.165, 1.54) is 18.2 Å². The van der Waals surface area contributed by atoms with Crippen molar-refractivity contribution in [2.75, 3.05) is 24.6 Å². The van der Waals surface area contributed by atoms with E-state index >= 15 is 0 Å². The van der Waals surface area contributed by atoms with Gasteiger partial charge in [0.1, 0.15) is 6.07 Å². The molecule has 1 heterocycles. The van der Waals surface area contributed by atoms with Crippen molar-refractivity contribution in [2.24, 2.45) is 0 Å². The number of hydrogen-bond acceptors (Lipinski definition) is 5. The molecule has 1 N–H and O–H groups in total. The Morgan fingerprint density at radius 2 is 2.35 bits per heavy atom. The van der Waals surface area contributed by atoms with E-state index in [4.69, 9.17) is 4.74 Å². The Morgan fingerprint density at radius 3 is 2.95 bits per heavy atom. The van der Waals surface area contributed by atoms with Gasteiger partial charge in [0.25, 0.3) is 0 Å². The SMILES string of the molecule is COCCSCSc1[nH]c(=O)cc(C2CCC2)c1C#N. The quantitative estimate of drug-likeness (QED) is 0.476. The van der Waals surface area contributed by atoms with E-state index in [0.717, 1.165) is 35.8 Å². The third-order valence-electron chi connectivity index (χ3n) is 3.41. The molecule has 0 radical (unpaired) electrons. The van der Waals surface area contributed by atoms with Crippen molar-refractivity contribution in [3.05, 3.63) is 27.5 Å². The Kier molecular flexibility index (Phi) is 6.02. The number of pyridine rings is 1. The van der Waals surface area contributed by atoms with Crippen LogP contribution in [0.15, 0.2) is 15.9 Å². The van der Waals surface area contributed by atoms with E-state index in [1.807, 2.05) is 0 Å². The zero-order valence-corrected chi connectivity index (χ0v) is 13.1. The molecular weight excluding hydrogens is 292 g/mol. The van der Waals surface area contributed by atoms with E-state index in [9.17, 15) is 10.1 Å². The smallest absolute Gasteiger partial charge is 0.249 e. The maximum Gasteiger partial charge on any atom is 0.249 e. The second-order valence-corrected chi connectivity index (χ2v) is 7.15. The van der Waals surface area contributed by atoms with Crippen LogP contribution in [0.4, 0.5) is 0 Å². The molecule has 20 heavy (non-hydrogen) atoms. The van der Waals surface area contributed by atoms with E-state index in [1.54, 1.807) is 24.9 Å². The number of nitriles is 1. The standard InChI is InChI=1S/C14H18N2O2S2/c1-18-5-6-19-9-20-14-12(8-15)11(7-13(17)16-14)10-3-2-4-10/h7,10H,2-6,9H2,1H3,(H,16,17). The van der Waals surface area contributed by atoms with Gasteiger partial charge >= 0.3 is 0 Å². The molecule has 2 rings (SSSR count). The summed E-state index contributed by atoms with van der Waals surface area (Å²) in [6.45, 7) is 0.717. The molecule has 1 aliphatic rings. The summed E-state index contributed by atoms with van der Waals surface area (Å²) >= 11 is 3.27. The van der Waals surface area contributed by atoms with Gasteiger partial charge in [-0.2, -0.15) is 5.26 Å². The van der Waals surface area contributed by atoms with Crippen LogP contribution in [0.3, 0.4) is 0 Å². The van der Waals surface area contributed by atoms with E-state index in [2.05, 4.69) is 11.1 Å². The van der Waals surface area contributed by atoms with Crippen LogP contribution < -0.4 is 5.56 Å². The Balaban J connectivity index is 2.09. The number of aromatic nitrogens is 1. The molecule has 0 spiro atoms. The van der Waals surface area contributed by atoms with Crippen LogP contribution in [-0.2, 0) is 4.74 Å². The van der Waals surface area contributed by atoms with Crippen molar-refractivity contribution in [2.45, 2.75) is 30.2 Å². The van der Waals surface area contributed by atoms with Gasteiger partial charge in [-0.25, -0.2) is 0 Å². The first-order valence-electron chi connectivity index (χ1n) is 6.63. The fraction of sp³-hybridized carbons (Fsp3) is 0.571. The summed E-state index contributed by atoms with van der Waals surface area (Å²) in [5.41, 5.74) is 1.49. The predicted molar refractivity (Wildman–Crippen MR) is 83.4 cm³/mol. The Bertz CT molecular complexity index is 547. The highest BCUT2D eigenvalue weighted by Crippen LogP contribution is 2.39. The molecule has 6 heteroatoms. The molecule has 108 valence electrons. The average Bonchev–Trinajstić information content (AvgIpc) is 2.36. The minimum absolute atomic E-state index is 0.102. The lowest BCUT2D eigenvalue weighted by Gasteiger charge is -2.26. The number of nitrogens with one attached hydrogen (secondary N) is 1. The lowest BCUT2D eigenvalue weighted by Crippen LogP contribution is -2.17. The minimum atomic E-state index is -0.102. The fourth-order valence-electron chi connectivity index (χ4n) is 2.12. The maximum atomic E-state index is 11.8. The molecule has 0 bridgehead atoms. The van der Waals surface area contributed by atoms with Crippen LogP contribution in [0.25, 0.3) is 0 Å². The van der Waals surface area contributed by atoms with Crippen LogP contribution in [0.2, 0.25) is 0 Å². The third kappa shape index (κ3) is 3.81. The first kappa shape index (κ1) is 15.5. The van der Waals surface area contributed by atoms with Gasteiger partial charge in [-0.15, -0.1) is 11.8 Å². The summed E-state index contributed by atoms with van der Waals surface area (Å²) in [5.74, 6) is 1.31. The van der Waals surface area contributed by atoms with E-state index < -0.39 is 0 Å². The molecule has 0 unspecified atom stereocenters. The van der Waals surface area contributed by atoms with Gasteiger partial charge in [-0.05, 0) is 24.3 Å². The first-order chi connectivity index (χ1) is 9.76. The van der Waals surface area contributed by atoms with E-state index in [-0.39, 0.29) is 5.56 Å². The summed E-state index contributed by atoms with van der Waals surface area (Å²) in [7, 11) is 1.68. The Labute approximate surface area is 127 Å². The highest BCUT2D eigenvalue weighted by molar-refractivity contribution is 8.16. The van der Waals surface area contributed by atoms with Crippen molar-refractivity contribution in [3.8, 4) is 6.07 Å². The normalized spacial score (nSPS) is 14.8. The lowest BCUT2D eigenvalue weighted by molar-refractivity contribution is 0.219. The van der Waals surface area contributed by atoms with Crippen LogP contribution in [-0.4, -0.2) is 29.5 Å². The summed E-state index contributed by atoms with van der Waals surface area (Å²) in [4.78, 5) is 14.6. The molecule has 1 aromatic heterocycles. The van der Waals surface area contributed by atoms with Crippen molar-refractivity contribution < 1.29 is 4.74 Å². The van der Waals surface area contributed by atoms with Gasteiger partial charge in [0, 0.05) is 24.0 Å². The third-order valence-corrected chi connectivity index (χ3v) is 5.60. The molecule has 0 aromatic carbocycles. The van der Waals surface area contributed by atoms with Gasteiger partial charge in [-0.3, -0.25) is 4.79 Å². The van der Waals surface area contributed by atoms with Crippen LogP contribution in [0.1, 0.15) is 36.3 Å². The minimum Gasteiger partial charge on any atom is -0.384 e. The lowest BCUT2D eigenvalue weighted by atomic mass is 9.79. The average molecular weight is 310 g/mol. The monoisotopic (exact) mass is 310 g/mol. The summed E-state index contributed by atoms with van der Waals surface area (Å²) in [5, 5.41) is 10.9. The molecular formula is C14H18N2O2S2. The molecule has 0 aliphatic heterocycles. The number of H-pyrrole nitrogens is 1. The zero-order chi connectivity index (χ0) is 14.4. The summed E-state index contributed by atoms with van der Waals surface area (Å²) in [6, 6.07) is 3.87. The zero-order valence-electron chi connectivity index (χ0n) is 11.5. The Hall–Kier alpha value is -0.900. The van der Waals surface area contributed by atoms with Gasteiger partial charge in [0.15, 0.2) is 0 Å². The van der Waals surface area contributed by atoms with Crippen molar-refractivity contribution in [1.29, 1.82) is 5.26 Å². The number of rotatable bonds is 7. The first-order valence-corrected chi connectivity index (χ1v) is 8.77. The number of nitrogens with zero attached hydrogens (tertiary/aromatic N) is 1. The highest BCUT2D eigenvalue weighted by Gasteiger charge is 2.24. The Morgan fingerprint density at radius 1 is 1.55 bits per heavy atom. The molecule has 1 saturated carbocycles. The van der Waals surface area contributed by atoms with Gasteiger partial charge < -0.3 is 9.72 Å². The molecule has 1 fully saturated rings. The number of methoxy groups -OCH3 is 1.